The van der Waals surface area contributed by atoms with Gasteiger partial charge in [-0.25, -0.2) is 0 Å². The second-order valence-electron chi connectivity index (χ2n) is 9.70. The van der Waals surface area contributed by atoms with Gasteiger partial charge < -0.3 is 29.4 Å². The summed E-state index contributed by atoms with van der Waals surface area (Å²) < 4.78 is 17.8. The molecule has 1 saturated carbocycles. The molecule has 2 N–H and O–H groups in total. The molecule has 2 aromatic rings. The number of rotatable bonds is 6. The molecule has 1 amide bonds. The Hall–Kier alpha value is -2.71. The number of aromatic amines is 1. The highest BCUT2D eigenvalue weighted by Gasteiger charge is 2.35. The number of nitrogens with zero attached hydrogens (tertiary/aromatic N) is 1. The van der Waals surface area contributed by atoms with Crippen molar-refractivity contribution in [3.05, 3.63) is 49.9 Å². The van der Waals surface area contributed by atoms with Gasteiger partial charge in [-0.2, -0.15) is 0 Å². The highest BCUT2D eigenvalue weighted by atomic mass is 35.5. The van der Waals surface area contributed by atoms with Crippen LogP contribution in [0.1, 0.15) is 52.9 Å². The fourth-order valence-corrected chi connectivity index (χ4v) is 5.34. The van der Waals surface area contributed by atoms with Crippen LogP contribution >= 0.6 is 11.6 Å². The van der Waals surface area contributed by atoms with Gasteiger partial charge in [-0.05, 0) is 71.7 Å². The van der Waals surface area contributed by atoms with Gasteiger partial charge in [-0.1, -0.05) is 11.6 Å². The van der Waals surface area contributed by atoms with Gasteiger partial charge in [-0.15, -0.1) is 0 Å². The molecule has 35 heavy (non-hydrogen) atoms. The third-order valence-corrected chi connectivity index (χ3v) is 7.50. The Bertz CT molecular complexity index is 1150. The molecule has 0 saturated heterocycles. The molecule has 1 fully saturated rings. The number of fused-ring (bicyclic) bond motifs is 1. The zero-order valence-electron chi connectivity index (χ0n) is 21.0. The molecule has 8 nitrogen and oxygen atoms in total. The Morgan fingerprint density at radius 1 is 1.20 bits per heavy atom. The molecule has 0 bridgehead atoms. The Kier molecular flexibility index (Phi) is 7.62. The smallest absolute Gasteiger partial charge is 0.256 e. The van der Waals surface area contributed by atoms with Crippen LogP contribution in [0, 0.1) is 19.8 Å². The third kappa shape index (κ3) is 5.28. The normalized spacial score (nSPS) is 21.6. The lowest BCUT2D eigenvalue weighted by Crippen LogP contribution is -2.41. The molecule has 1 aromatic carbocycles. The summed E-state index contributed by atoms with van der Waals surface area (Å²) in [5, 5.41) is 3.15. The van der Waals surface area contributed by atoms with Crippen molar-refractivity contribution in [2.75, 3.05) is 27.8 Å². The molecule has 4 rings (SSSR count). The fourth-order valence-electron chi connectivity index (χ4n) is 5.09. The number of nitrogens with one attached hydrogen (secondary N) is 2. The summed E-state index contributed by atoms with van der Waals surface area (Å²) in [6, 6.07) is 3.92. The summed E-state index contributed by atoms with van der Waals surface area (Å²) in [7, 11) is 5.75. The van der Waals surface area contributed by atoms with E-state index in [2.05, 4.69) is 29.3 Å². The van der Waals surface area contributed by atoms with E-state index in [-0.39, 0.29) is 24.1 Å². The van der Waals surface area contributed by atoms with Crippen LogP contribution in [0.4, 0.5) is 0 Å². The highest BCUT2D eigenvalue weighted by molar-refractivity contribution is 6.32. The Labute approximate surface area is 210 Å². The van der Waals surface area contributed by atoms with Crippen molar-refractivity contribution in [2.45, 2.75) is 58.2 Å². The summed E-state index contributed by atoms with van der Waals surface area (Å²) >= 11 is 6.49. The minimum atomic E-state index is -0.355. The van der Waals surface area contributed by atoms with Crippen molar-refractivity contribution in [2.24, 2.45) is 5.92 Å². The van der Waals surface area contributed by atoms with Gasteiger partial charge in [0.15, 0.2) is 11.5 Å². The van der Waals surface area contributed by atoms with E-state index in [1.165, 1.54) is 7.11 Å². The summed E-state index contributed by atoms with van der Waals surface area (Å²) in [5.41, 5.74) is 1.78. The average Bonchev–Trinajstić information content (AvgIpc) is 2.84. The average molecular weight is 504 g/mol. The lowest BCUT2D eigenvalue weighted by Gasteiger charge is -2.38. The van der Waals surface area contributed by atoms with Gasteiger partial charge in [0.05, 0.1) is 24.2 Å². The monoisotopic (exact) mass is 503 g/mol. The van der Waals surface area contributed by atoms with Crippen LogP contribution in [0.2, 0.25) is 5.02 Å². The van der Waals surface area contributed by atoms with Gasteiger partial charge >= 0.3 is 0 Å². The first-order valence-electron chi connectivity index (χ1n) is 12.0. The zero-order valence-corrected chi connectivity index (χ0v) is 21.8. The number of aromatic nitrogens is 1. The molecule has 2 aliphatic rings. The van der Waals surface area contributed by atoms with E-state index in [4.69, 9.17) is 25.8 Å². The van der Waals surface area contributed by atoms with E-state index < -0.39 is 0 Å². The second kappa shape index (κ2) is 10.5. The van der Waals surface area contributed by atoms with E-state index in [9.17, 15) is 9.59 Å². The van der Waals surface area contributed by atoms with E-state index in [0.29, 0.717) is 63.2 Å². The van der Waals surface area contributed by atoms with Crippen LogP contribution in [0.25, 0.3) is 0 Å². The van der Waals surface area contributed by atoms with Crippen molar-refractivity contribution in [3.63, 3.8) is 0 Å². The standard InChI is InChI=1S/C26H34ClN3O5/c1-14-10-21(33-5)19(26(32)29-14)12-28-25(31)18-11-20(27)24-23(15(18)2)35-22(13-34-24)16-6-8-17(9-7-16)30(3)4/h10-11,16-17,22H,6-9,12-13H2,1-5H3,(H,28,31)(H,29,32)/t16?,17?,22-/m1/s1. The summed E-state index contributed by atoms with van der Waals surface area (Å²) in [4.78, 5) is 30.5. The zero-order chi connectivity index (χ0) is 25.3. The number of carbonyl (C=O) groups excluding carboxylic acids is 1. The first kappa shape index (κ1) is 25.4. The number of hydrogen-bond acceptors (Lipinski definition) is 6. The number of pyridine rings is 1. The molecule has 0 unspecified atom stereocenters. The summed E-state index contributed by atoms with van der Waals surface area (Å²) in [5.74, 6) is 1.48. The van der Waals surface area contributed by atoms with Crippen molar-refractivity contribution in [1.82, 2.24) is 15.2 Å². The third-order valence-electron chi connectivity index (χ3n) is 7.22. The number of aryl methyl sites for hydroxylation is 1. The maximum Gasteiger partial charge on any atom is 0.256 e. The molecular formula is C26H34ClN3O5. The molecule has 9 heteroatoms. The lowest BCUT2D eigenvalue weighted by atomic mass is 9.82. The summed E-state index contributed by atoms with van der Waals surface area (Å²) in [6.07, 6.45) is 4.34. The van der Waals surface area contributed by atoms with Crippen molar-refractivity contribution >= 4 is 17.5 Å². The Morgan fingerprint density at radius 3 is 2.57 bits per heavy atom. The lowest BCUT2D eigenvalue weighted by molar-refractivity contribution is 0.0239. The number of halogens is 1. The predicted octanol–water partition coefficient (Wildman–Crippen LogP) is 3.84. The molecular weight excluding hydrogens is 470 g/mol. The van der Waals surface area contributed by atoms with Crippen LogP contribution < -0.4 is 25.1 Å². The number of amides is 1. The van der Waals surface area contributed by atoms with Crippen LogP contribution in [0.5, 0.6) is 17.2 Å². The van der Waals surface area contributed by atoms with Gasteiger partial charge in [0.2, 0.25) is 0 Å². The quantitative estimate of drug-likeness (QED) is 0.622. The maximum absolute atomic E-state index is 13.1. The molecule has 0 spiro atoms. The molecule has 1 aromatic heterocycles. The molecule has 0 radical (unpaired) electrons. The number of benzene rings is 1. The number of H-pyrrole nitrogens is 1. The number of methoxy groups -OCH3 is 1. The van der Waals surface area contributed by atoms with Crippen molar-refractivity contribution in [1.29, 1.82) is 0 Å². The molecule has 190 valence electrons. The maximum atomic E-state index is 13.1. The van der Waals surface area contributed by atoms with E-state index >= 15 is 0 Å². The minimum Gasteiger partial charge on any atom is -0.496 e. The first-order chi connectivity index (χ1) is 16.7. The van der Waals surface area contributed by atoms with Crippen LogP contribution in [0.15, 0.2) is 16.9 Å². The molecule has 2 heterocycles. The number of ether oxygens (including phenoxy) is 3. The molecule has 1 aliphatic carbocycles. The SMILES string of the molecule is COc1cc(C)[nH]c(=O)c1CNC(=O)c1cc(Cl)c2c(c1C)O[C@@H](C1CCC(N(C)C)CC1)CO2. The van der Waals surface area contributed by atoms with Crippen molar-refractivity contribution in [3.8, 4) is 17.2 Å². The second-order valence-corrected chi connectivity index (χ2v) is 10.1. The van der Waals surface area contributed by atoms with Crippen molar-refractivity contribution < 1.29 is 19.0 Å². The topological polar surface area (TPSA) is 92.9 Å². The van der Waals surface area contributed by atoms with Gasteiger partial charge in [0, 0.05) is 22.9 Å². The van der Waals surface area contributed by atoms with Gasteiger partial charge in [0.1, 0.15) is 18.5 Å². The fraction of sp³-hybridized carbons (Fsp3) is 0.538. The van der Waals surface area contributed by atoms with Crippen LogP contribution in [0.3, 0.4) is 0 Å². The van der Waals surface area contributed by atoms with E-state index in [1.807, 2.05) is 6.92 Å². The molecule has 1 aliphatic heterocycles. The largest absolute Gasteiger partial charge is 0.496 e. The first-order valence-corrected chi connectivity index (χ1v) is 12.4. The van der Waals surface area contributed by atoms with E-state index in [0.717, 1.165) is 25.7 Å². The Balaban J connectivity index is 1.51. The molecule has 1 atom stereocenters. The highest BCUT2D eigenvalue weighted by Crippen LogP contribution is 2.45. The van der Waals surface area contributed by atoms with Crippen LogP contribution in [-0.2, 0) is 6.54 Å². The van der Waals surface area contributed by atoms with E-state index in [1.54, 1.807) is 19.1 Å². The van der Waals surface area contributed by atoms with Crippen LogP contribution in [-0.4, -0.2) is 55.7 Å². The minimum absolute atomic E-state index is 0.0147. The Morgan fingerprint density at radius 2 is 1.91 bits per heavy atom. The van der Waals surface area contributed by atoms with Gasteiger partial charge in [0.25, 0.3) is 11.5 Å². The number of hydrogen-bond donors (Lipinski definition) is 2. The van der Waals surface area contributed by atoms with Gasteiger partial charge in [-0.3, -0.25) is 9.59 Å². The summed E-state index contributed by atoms with van der Waals surface area (Å²) in [6.45, 7) is 4.07. The number of carbonyl (C=O) groups is 1. The predicted molar refractivity (Wildman–Crippen MR) is 135 cm³/mol.